The predicted octanol–water partition coefficient (Wildman–Crippen LogP) is 2.44. The van der Waals surface area contributed by atoms with Gasteiger partial charge in [-0.2, -0.15) is 0 Å². The van der Waals surface area contributed by atoms with E-state index in [0.717, 1.165) is 39.0 Å². The smallest absolute Gasteiger partial charge is 0.225 e. The summed E-state index contributed by atoms with van der Waals surface area (Å²) in [7, 11) is 0. The van der Waals surface area contributed by atoms with Gasteiger partial charge < -0.3 is 9.80 Å². The lowest BCUT2D eigenvalue weighted by atomic mass is 9.84. The highest BCUT2D eigenvalue weighted by atomic mass is 16.2. The summed E-state index contributed by atoms with van der Waals surface area (Å²) < 4.78 is 0. The Hall–Kier alpha value is -1.51. The maximum Gasteiger partial charge on any atom is 0.225 e. The molecule has 3 heteroatoms. The van der Waals surface area contributed by atoms with Gasteiger partial charge in [0.05, 0.1) is 0 Å². The quantitative estimate of drug-likeness (QED) is 0.813. The van der Waals surface area contributed by atoms with Crippen LogP contribution in [0.2, 0.25) is 0 Å². The van der Waals surface area contributed by atoms with Crippen molar-refractivity contribution in [3.63, 3.8) is 0 Å². The van der Waals surface area contributed by atoms with Crippen LogP contribution in [0, 0.1) is 12.8 Å². The number of piperazine rings is 1. The number of anilines is 1. The lowest BCUT2D eigenvalue weighted by Crippen LogP contribution is -2.51. The van der Waals surface area contributed by atoms with Crippen molar-refractivity contribution in [2.45, 2.75) is 26.2 Å². The summed E-state index contributed by atoms with van der Waals surface area (Å²) in [5.41, 5.74) is 2.57. The number of hydrogen-bond donors (Lipinski definition) is 0. The second-order valence-corrected chi connectivity index (χ2v) is 5.78. The Morgan fingerprint density at radius 2 is 1.68 bits per heavy atom. The molecular weight excluding hydrogens is 236 g/mol. The number of hydrogen-bond acceptors (Lipinski definition) is 2. The van der Waals surface area contributed by atoms with Crippen LogP contribution < -0.4 is 4.90 Å². The third-order valence-electron chi connectivity index (χ3n) is 4.44. The first-order chi connectivity index (χ1) is 9.24. The van der Waals surface area contributed by atoms with Crippen molar-refractivity contribution in [2.75, 3.05) is 31.1 Å². The summed E-state index contributed by atoms with van der Waals surface area (Å²) in [6.45, 7) is 5.79. The lowest BCUT2D eigenvalue weighted by Gasteiger charge is -2.39. The molecule has 2 aliphatic rings. The van der Waals surface area contributed by atoms with Gasteiger partial charge in [0.2, 0.25) is 5.91 Å². The van der Waals surface area contributed by atoms with Crippen LogP contribution in [0.3, 0.4) is 0 Å². The van der Waals surface area contributed by atoms with Crippen LogP contribution in [0.15, 0.2) is 24.3 Å². The third kappa shape index (κ3) is 2.60. The maximum absolute atomic E-state index is 12.2. The van der Waals surface area contributed by atoms with E-state index in [9.17, 15) is 4.79 Å². The Balaban J connectivity index is 1.56. The van der Waals surface area contributed by atoms with Gasteiger partial charge in [-0.15, -0.1) is 0 Å². The summed E-state index contributed by atoms with van der Waals surface area (Å²) in [4.78, 5) is 16.6. The SMILES string of the molecule is Cc1ccc(N2CCN(C(=O)C3CCC3)CC2)cc1. The molecule has 1 heterocycles. The van der Waals surface area contributed by atoms with Gasteiger partial charge >= 0.3 is 0 Å². The number of carbonyl (C=O) groups excluding carboxylic acids is 1. The van der Waals surface area contributed by atoms with Crippen LogP contribution in [0.25, 0.3) is 0 Å². The first-order valence-electron chi connectivity index (χ1n) is 7.34. The molecule has 1 saturated carbocycles. The van der Waals surface area contributed by atoms with Gasteiger partial charge in [0.15, 0.2) is 0 Å². The summed E-state index contributed by atoms with van der Waals surface area (Å²) in [6.07, 6.45) is 3.45. The highest BCUT2D eigenvalue weighted by Gasteiger charge is 2.31. The Kier molecular flexibility index (Phi) is 3.45. The zero-order valence-electron chi connectivity index (χ0n) is 11.6. The average Bonchev–Trinajstić information content (AvgIpc) is 2.38. The highest BCUT2D eigenvalue weighted by Crippen LogP contribution is 2.29. The lowest BCUT2D eigenvalue weighted by molar-refractivity contribution is -0.138. The largest absolute Gasteiger partial charge is 0.368 e. The molecule has 0 atom stereocenters. The van der Waals surface area contributed by atoms with Gasteiger partial charge in [0, 0.05) is 37.8 Å². The first-order valence-corrected chi connectivity index (χ1v) is 7.34. The van der Waals surface area contributed by atoms with E-state index in [-0.39, 0.29) is 0 Å². The molecule has 19 heavy (non-hydrogen) atoms. The van der Waals surface area contributed by atoms with Gasteiger partial charge in [-0.3, -0.25) is 4.79 Å². The van der Waals surface area contributed by atoms with Crippen molar-refractivity contribution in [3.8, 4) is 0 Å². The number of rotatable bonds is 2. The summed E-state index contributed by atoms with van der Waals surface area (Å²) in [5, 5.41) is 0. The summed E-state index contributed by atoms with van der Waals surface area (Å²) >= 11 is 0. The van der Waals surface area contributed by atoms with E-state index in [1.54, 1.807) is 0 Å². The minimum Gasteiger partial charge on any atom is -0.368 e. The van der Waals surface area contributed by atoms with Crippen LogP contribution in [0.1, 0.15) is 24.8 Å². The van der Waals surface area contributed by atoms with Crippen molar-refractivity contribution in [3.05, 3.63) is 29.8 Å². The Bertz CT molecular complexity index is 442. The zero-order chi connectivity index (χ0) is 13.2. The molecule has 1 aliphatic carbocycles. The molecule has 1 amide bonds. The van der Waals surface area contributed by atoms with Crippen LogP contribution in [0.4, 0.5) is 5.69 Å². The van der Waals surface area contributed by atoms with E-state index in [1.165, 1.54) is 17.7 Å². The normalized spacial score (nSPS) is 20.3. The molecule has 0 bridgehead atoms. The van der Waals surface area contributed by atoms with E-state index in [2.05, 4.69) is 41.0 Å². The van der Waals surface area contributed by atoms with Gasteiger partial charge in [-0.25, -0.2) is 0 Å². The standard InChI is InChI=1S/C16H22N2O/c1-13-5-7-15(8-6-13)17-9-11-18(12-10-17)16(19)14-3-2-4-14/h5-8,14H,2-4,9-12H2,1H3. The van der Waals surface area contributed by atoms with Gasteiger partial charge in [0.1, 0.15) is 0 Å². The van der Waals surface area contributed by atoms with Gasteiger partial charge in [-0.05, 0) is 31.9 Å². The molecule has 0 aromatic heterocycles. The monoisotopic (exact) mass is 258 g/mol. The van der Waals surface area contributed by atoms with Crippen LogP contribution in [-0.2, 0) is 4.79 Å². The Labute approximate surface area is 115 Å². The van der Waals surface area contributed by atoms with E-state index in [0.29, 0.717) is 11.8 Å². The second-order valence-electron chi connectivity index (χ2n) is 5.78. The topological polar surface area (TPSA) is 23.6 Å². The fourth-order valence-corrected chi connectivity index (χ4v) is 2.85. The third-order valence-corrected chi connectivity index (χ3v) is 4.44. The maximum atomic E-state index is 12.2. The van der Waals surface area contributed by atoms with E-state index >= 15 is 0 Å². The predicted molar refractivity (Wildman–Crippen MR) is 77.3 cm³/mol. The van der Waals surface area contributed by atoms with Crippen LogP contribution in [0.5, 0.6) is 0 Å². The number of nitrogens with zero attached hydrogens (tertiary/aromatic N) is 2. The fourth-order valence-electron chi connectivity index (χ4n) is 2.85. The average molecular weight is 258 g/mol. The number of carbonyl (C=O) groups is 1. The second kappa shape index (κ2) is 5.24. The zero-order valence-corrected chi connectivity index (χ0v) is 11.6. The van der Waals surface area contributed by atoms with E-state index in [1.807, 2.05) is 0 Å². The first kappa shape index (κ1) is 12.5. The molecule has 2 fully saturated rings. The molecule has 0 radical (unpaired) electrons. The van der Waals surface area contributed by atoms with Crippen molar-refractivity contribution in [1.82, 2.24) is 4.90 Å². The van der Waals surface area contributed by atoms with Gasteiger partial charge in [0.25, 0.3) is 0 Å². The molecule has 0 N–H and O–H groups in total. The van der Waals surface area contributed by atoms with Crippen molar-refractivity contribution < 1.29 is 4.79 Å². The molecule has 0 unspecified atom stereocenters. The molecular formula is C16H22N2O. The molecule has 3 nitrogen and oxygen atoms in total. The van der Waals surface area contributed by atoms with E-state index < -0.39 is 0 Å². The Morgan fingerprint density at radius 3 is 2.21 bits per heavy atom. The number of amides is 1. The molecule has 1 aromatic carbocycles. The van der Waals surface area contributed by atoms with Crippen molar-refractivity contribution in [2.24, 2.45) is 5.92 Å². The van der Waals surface area contributed by atoms with Crippen molar-refractivity contribution in [1.29, 1.82) is 0 Å². The van der Waals surface area contributed by atoms with Crippen LogP contribution >= 0.6 is 0 Å². The molecule has 3 rings (SSSR count). The minimum atomic E-state index is 0.339. The summed E-state index contributed by atoms with van der Waals surface area (Å²) in [5.74, 6) is 0.737. The molecule has 102 valence electrons. The van der Waals surface area contributed by atoms with E-state index in [4.69, 9.17) is 0 Å². The fraction of sp³-hybridized carbons (Fsp3) is 0.562. The van der Waals surface area contributed by atoms with Crippen LogP contribution in [-0.4, -0.2) is 37.0 Å². The minimum absolute atomic E-state index is 0.339. The Morgan fingerprint density at radius 1 is 1.05 bits per heavy atom. The number of aryl methyl sites for hydroxylation is 1. The molecule has 1 aromatic rings. The number of benzene rings is 1. The molecule has 0 spiro atoms. The highest BCUT2D eigenvalue weighted by molar-refractivity contribution is 5.79. The molecule has 1 saturated heterocycles. The summed E-state index contributed by atoms with van der Waals surface area (Å²) in [6, 6.07) is 8.67. The van der Waals surface area contributed by atoms with Crippen molar-refractivity contribution >= 4 is 11.6 Å². The van der Waals surface area contributed by atoms with Gasteiger partial charge in [-0.1, -0.05) is 24.1 Å². The molecule has 1 aliphatic heterocycles.